The van der Waals surface area contributed by atoms with Crippen LogP contribution in [0.3, 0.4) is 0 Å². The summed E-state index contributed by atoms with van der Waals surface area (Å²) in [7, 11) is 3.31. The number of para-hydroxylation sites is 1. The van der Waals surface area contributed by atoms with E-state index in [0.29, 0.717) is 31.1 Å². The summed E-state index contributed by atoms with van der Waals surface area (Å²) in [5.74, 6) is 1.41. The average Bonchev–Trinajstić information content (AvgIpc) is 2.75. The third-order valence-corrected chi connectivity index (χ3v) is 5.03. The third-order valence-electron chi connectivity index (χ3n) is 5.03. The van der Waals surface area contributed by atoms with Crippen molar-refractivity contribution in [1.29, 1.82) is 0 Å². The first-order valence-corrected chi connectivity index (χ1v) is 10.2. The summed E-state index contributed by atoms with van der Waals surface area (Å²) in [6.07, 6.45) is 2.54. The van der Waals surface area contributed by atoms with Crippen molar-refractivity contribution in [1.82, 2.24) is 4.90 Å². The molecule has 1 amide bonds. The van der Waals surface area contributed by atoms with Crippen molar-refractivity contribution in [2.75, 3.05) is 39.3 Å². The second kappa shape index (κ2) is 10.2. The molecular weight excluding hydrogens is 368 g/mol. The maximum atomic E-state index is 13.2. The van der Waals surface area contributed by atoms with E-state index in [-0.39, 0.29) is 12.1 Å². The second-order valence-corrected chi connectivity index (χ2v) is 7.05. The molecular formula is C23H30N2O4. The smallest absolute Gasteiger partial charge is 0.257 e. The van der Waals surface area contributed by atoms with Crippen LogP contribution in [0.15, 0.2) is 42.5 Å². The molecule has 29 heavy (non-hydrogen) atoms. The van der Waals surface area contributed by atoms with Gasteiger partial charge in [0.05, 0.1) is 19.3 Å². The average molecular weight is 399 g/mol. The normalized spacial score (nSPS) is 15.6. The van der Waals surface area contributed by atoms with Crippen LogP contribution in [0.25, 0.3) is 0 Å². The van der Waals surface area contributed by atoms with Gasteiger partial charge >= 0.3 is 0 Å². The topological polar surface area (TPSA) is 60.0 Å². The Morgan fingerprint density at radius 1 is 1.03 bits per heavy atom. The Morgan fingerprint density at radius 2 is 1.86 bits per heavy atom. The highest BCUT2D eigenvalue weighted by molar-refractivity contribution is 6.01. The van der Waals surface area contributed by atoms with Crippen LogP contribution in [-0.2, 0) is 4.74 Å². The zero-order valence-electron chi connectivity index (χ0n) is 17.4. The first kappa shape index (κ1) is 21.0. The molecule has 0 spiro atoms. The Bertz CT molecular complexity index is 824. The van der Waals surface area contributed by atoms with Gasteiger partial charge in [-0.15, -0.1) is 0 Å². The van der Waals surface area contributed by atoms with Crippen molar-refractivity contribution in [3.63, 3.8) is 0 Å². The lowest BCUT2D eigenvalue weighted by Gasteiger charge is -2.38. The summed E-state index contributed by atoms with van der Waals surface area (Å²) < 4.78 is 16.6. The van der Waals surface area contributed by atoms with E-state index in [4.69, 9.17) is 14.2 Å². The van der Waals surface area contributed by atoms with Crippen LogP contribution in [0.4, 0.5) is 5.69 Å². The van der Waals surface area contributed by atoms with Crippen LogP contribution in [0.5, 0.6) is 11.5 Å². The largest absolute Gasteiger partial charge is 0.493 e. The molecule has 1 heterocycles. The molecule has 6 nitrogen and oxygen atoms in total. The molecule has 1 atom stereocenters. The Morgan fingerprint density at radius 3 is 2.62 bits per heavy atom. The number of amides is 1. The summed E-state index contributed by atoms with van der Waals surface area (Å²) in [5, 5.41) is 3.51. The predicted octanol–water partition coefficient (Wildman–Crippen LogP) is 4.48. The summed E-state index contributed by atoms with van der Waals surface area (Å²) >= 11 is 0. The van der Waals surface area contributed by atoms with Crippen molar-refractivity contribution in [2.24, 2.45) is 0 Å². The maximum Gasteiger partial charge on any atom is 0.257 e. The standard InChI is InChI=1S/C23H30N2O4/c1-4-5-15-29-20-12-11-17(16-21(20)28-3)22-24-19-10-7-6-9-18(19)23(26)25(22)13-8-14-27-2/h6-7,9-12,16,22,24H,4-5,8,13-15H2,1-3H3. The number of carbonyl (C=O) groups is 1. The number of fused-ring (bicyclic) bond motifs is 1. The van der Waals surface area contributed by atoms with Gasteiger partial charge in [-0.05, 0) is 42.7 Å². The van der Waals surface area contributed by atoms with Gasteiger partial charge in [-0.2, -0.15) is 0 Å². The Balaban J connectivity index is 1.90. The fraction of sp³-hybridized carbons (Fsp3) is 0.435. The zero-order valence-corrected chi connectivity index (χ0v) is 17.4. The molecule has 1 unspecified atom stereocenters. The number of nitrogens with one attached hydrogen (secondary N) is 1. The van der Waals surface area contributed by atoms with Crippen molar-refractivity contribution >= 4 is 11.6 Å². The van der Waals surface area contributed by atoms with E-state index >= 15 is 0 Å². The van der Waals surface area contributed by atoms with Crippen LogP contribution >= 0.6 is 0 Å². The highest BCUT2D eigenvalue weighted by Gasteiger charge is 2.32. The maximum absolute atomic E-state index is 13.2. The van der Waals surface area contributed by atoms with Gasteiger partial charge in [-0.3, -0.25) is 4.79 Å². The van der Waals surface area contributed by atoms with Crippen LogP contribution in [0, 0.1) is 0 Å². The lowest BCUT2D eigenvalue weighted by Crippen LogP contribution is -2.43. The fourth-order valence-electron chi connectivity index (χ4n) is 3.47. The lowest BCUT2D eigenvalue weighted by atomic mass is 10.0. The fourth-order valence-corrected chi connectivity index (χ4v) is 3.47. The number of methoxy groups -OCH3 is 2. The minimum atomic E-state index is -0.284. The summed E-state index contributed by atoms with van der Waals surface area (Å²) in [4.78, 5) is 15.0. The summed E-state index contributed by atoms with van der Waals surface area (Å²) in [6.45, 7) is 3.98. The van der Waals surface area contributed by atoms with Gasteiger partial charge in [0.25, 0.3) is 5.91 Å². The number of ether oxygens (including phenoxy) is 3. The van der Waals surface area contributed by atoms with E-state index in [1.54, 1.807) is 14.2 Å². The molecule has 0 saturated carbocycles. The molecule has 0 aliphatic carbocycles. The van der Waals surface area contributed by atoms with Gasteiger partial charge in [0, 0.05) is 25.9 Å². The van der Waals surface area contributed by atoms with Gasteiger partial charge in [0.1, 0.15) is 6.17 Å². The third kappa shape index (κ3) is 4.82. The van der Waals surface area contributed by atoms with Gasteiger partial charge in [0.2, 0.25) is 0 Å². The van der Waals surface area contributed by atoms with Crippen molar-refractivity contribution < 1.29 is 19.0 Å². The molecule has 2 aromatic rings. The zero-order chi connectivity index (χ0) is 20.6. The number of unbranched alkanes of at least 4 members (excludes halogenated alkanes) is 1. The molecule has 3 rings (SSSR count). The van der Waals surface area contributed by atoms with Crippen molar-refractivity contribution in [3.05, 3.63) is 53.6 Å². The molecule has 0 saturated heterocycles. The summed E-state index contributed by atoms with van der Waals surface area (Å²) in [6, 6.07) is 13.5. The van der Waals surface area contributed by atoms with Crippen molar-refractivity contribution in [2.45, 2.75) is 32.4 Å². The summed E-state index contributed by atoms with van der Waals surface area (Å²) in [5.41, 5.74) is 2.48. The number of hydrogen-bond donors (Lipinski definition) is 1. The molecule has 0 aromatic heterocycles. The van der Waals surface area contributed by atoms with Crippen LogP contribution in [-0.4, -0.2) is 44.8 Å². The van der Waals surface area contributed by atoms with E-state index in [0.717, 1.165) is 36.3 Å². The first-order chi connectivity index (χ1) is 14.2. The van der Waals surface area contributed by atoms with Gasteiger partial charge in [-0.25, -0.2) is 0 Å². The van der Waals surface area contributed by atoms with Crippen LogP contribution in [0.1, 0.15) is 48.3 Å². The monoisotopic (exact) mass is 398 g/mol. The van der Waals surface area contributed by atoms with Gasteiger partial charge < -0.3 is 24.4 Å². The first-order valence-electron chi connectivity index (χ1n) is 10.2. The van der Waals surface area contributed by atoms with E-state index < -0.39 is 0 Å². The lowest BCUT2D eigenvalue weighted by molar-refractivity contribution is 0.0660. The van der Waals surface area contributed by atoms with Crippen molar-refractivity contribution in [3.8, 4) is 11.5 Å². The van der Waals surface area contributed by atoms with Gasteiger partial charge in [-0.1, -0.05) is 31.5 Å². The molecule has 0 bridgehead atoms. The van der Waals surface area contributed by atoms with E-state index in [2.05, 4.69) is 12.2 Å². The number of anilines is 1. The van der Waals surface area contributed by atoms with Crippen LogP contribution in [0.2, 0.25) is 0 Å². The van der Waals surface area contributed by atoms with E-state index in [1.165, 1.54) is 0 Å². The number of benzene rings is 2. The van der Waals surface area contributed by atoms with Gasteiger partial charge in [0.15, 0.2) is 11.5 Å². The predicted molar refractivity (Wildman–Crippen MR) is 114 cm³/mol. The van der Waals surface area contributed by atoms with E-state index in [9.17, 15) is 4.79 Å². The Labute approximate surface area is 172 Å². The highest BCUT2D eigenvalue weighted by Crippen LogP contribution is 2.37. The Kier molecular flexibility index (Phi) is 7.36. The second-order valence-electron chi connectivity index (χ2n) is 7.05. The minimum absolute atomic E-state index is 0.0164. The minimum Gasteiger partial charge on any atom is -0.493 e. The molecule has 1 aliphatic rings. The highest BCUT2D eigenvalue weighted by atomic mass is 16.5. The number of nitrogens with zero attached hydrogens (tertiary/aromatic N) is 1. The number of hydrogen-bond acceptors (Lipinski definition) is 5. The molecule has 156 valence electrons. The molecule has 1 aliphatic heterocycles. The van der Waals surface area contributed by atoms with E-state index in [1.807, 2.05) is 47.4 Å². The Hall–Kier alpha value is -2.73. The molecule has 0 fully saturated rings. The number of carbonyl (C=O) groups excluding carboxylic acids is 1. The molecule has 0 radical (unpaired) electrons. The number of rotatable bonds is 10. The molecule has 2 aromatic carbocycles. The molecule has 6 heteroatoms. The quantitative estimate of drug-likeness (QED) is 0.598. The molecule has 1 N–H and O–H groups in total. The SMILES string of the molecule is CCCCOc1ccc(C2Nc3ccccc3C(=O)N2CCCOC)cc1OC. The van der Waals surface area contributed by atoms with Crippen LogP contribution < -0.4 is 14.8 Å².